The van der Waals surface area contributed by atoms with E-state index in [1.165, 1.54) is 6.07 Å². The maximum atomic E-state index is 12.6. The molecule has 0 saturated carbocycles. The lowest BCUT2D eigenvalue weighted by Crippen LogP contribution is -2.35. The van der Waals surface area contributed by atoms with E-state index in [0.29, 0.717) is 29.0 Å². The van der Waals surface area contributed by atoms with Crippen molar-refractivity contribution < 1.29 is 13.6 Å². The summed E-state index contributed by atoms with van der Waals surface area (Å²) in [7, 11) is 10.4. The highest BCUT2D eigenvalue weighted by Gasteiger charge is 2.17. The normalized spacial score (nSPS) is 12.0. The van der Waals surface area contributed by atoms with E-state index in [2.05, 4.69) is 21.1 Å². The summed E-state index contributed by atoms with van der Waals surface area (Å²) in [5.74, 6) is 1.22. The van der Waals surface area contributed by atoms with Gasteiger partial charge in [0.1, 0.15) is 17.0 Å². The first-order valence-corrected chi connectivity index (χ1v) is 10.1. The molecule has 6 nitrogen and oxygen atoms in total. The summed E-state index contributed by atoms with van der Waals surface area (Å²) in [5, 5.41) is 1.37. The van der Waals surface area contributed by atoms with Crippen molar-refractivity contribution in [1.82, 2.24) is 4.98 Å². The molecule has 0 amide bonds. The first-order valence-electron chi connectivity index (χ1n) is 10.1. The first kappa shape index (κ1) is 20.2. The Morgan fingerprint density at radius 2 is 1.83 bits per heavy atom. The summed E-state index contributed by atoms with van der Waals surface area (Å²) < 4.78 is 12.9. The molecule has 0 atom stereocenters. The van der Waals surface area contributed by atoms with Crippen LogP contribution in [0.4, 0.5) is 5.69 Å². The zero-order valence-electron chi connectivity index (χ0n) is 18.2. The lowest BCUT2D eigenvalue weighted by atomic mass is 10.0. The highest BCUT2D eigenvalue weighted by Crippen LogP contribution is 2.33. The van der Waals surface area contributed by atoms with Crippen LogP contribution in [0.2, 0.25) is 0 Å². The third-order valence-electron chi connectivity index (χ3n) is 5.16. The fraction of sp³-hybridized carbons (Fsp3) is 0.333. The summed E-state index contributed by atoms with van der Waals surface area (Å²) in [6.07, 6.45) is 0.955. The van der Waals surface area contributed by atoms with Crippen LogP contribution in [-0.4, -0.2) is 57.9 Å². The quantitative estimate of drug-likeness (QED) is 0.210. The van der Waals surface area contributed by atoms with Crippen molar-refractivity contribution in [2.75, 3.05) is 53.3 Å². The van der Waals surface area contributed by atoms with Gasteiger partial charge in [-0.15, -0.1) is 0 Å². The van der Waals surface area contributed by atoms with E-state index in [9.17, 15) is 4.79 Å². The van der Waals surface area contributed by atoms with Crippen molar-refractivity contribution >= 4 is 27.6 Å². The van der Waals surface area contributed by atoms with E-state index in [0.717, 1.165) is 39.8 Å². The Kier molecular flexibility index (Phi) is 5.12. The molecule has 0 radical (unpaired) electrons. The Balaban J connectivity index is 1.75. The van der Waals surface area contributed by atoms with Gasteiger partial charge in [-0.2, -0.15) is 0 Å². The number of ether oxygens (including phenoxy) is 1. The predicted octanol–water partition coefficient (Wildman–Crippen LogP) is 3.99. The fourth-order valence-electron chi connectivity index (χ4n) is 3.54. The van der Waals surface area contributed by atoms with E-state index in [-0.39, 0.29) is 5.43 Å². The second kappa shape index (κ2) is 7.61. The molecule has 0 fully saturated rings. The average Bonchev–Trinajstić information content (AvgIpc) is 2.69. The molecule has 1 aliphatic carbocycles. The van der Waals surface area contributed by atoms with E-state index < -0.39 is 0 Å². The zero-order valence-corrected chi connectivity index (χ0v) is 18.2. The number of hydrogen-bond acceptors (Lipinski definition) is 5. The molecule has 6 heteroatoms. The standard InChI is InChI=1S/C24H28N3O3/c1-26(2)16-7-10-20-22(13-16)30-23-15-21(28)18-9-8-17(14-19(18)24(23)25-20)29-12-6-11-27(3,4)5/h7-10,13-15H,6,11-12H2,1-5H3/q+1. The molecule has 1 heterocycles. The second-order valence-electron chi connectivity index (χ2n) is 8.91. The van der Waals surface area contributed by atoms with E-state index in [1.807, 2.05) is 55.4 Å². The minimum atomic E-state index is -0.0808. The van der Waals surface area contributed by atoms with E-state index in [1.54, 1.807) is 0 Å². The molecule has 0 N–H and O–H groups in total. The van der Waals surface area contributed by atoms with Crippen molar-refractivity contribution in [3.8, 4) is 17.2 Å². The van der Waals surface area contributed by atoms with Crippen LogP contribution in [0.25, 0.3) is 33.3 Å². The van der Waals surface area contributed by atoms with Crippen molar-refractivity contribution in [3.63, 3.8) is 0 Å². The van der Waals surface area contributed by atoms with Crippen molar-refractivity contribution in [1.29, 1.82) is 0 Å². The lowest BCUT2D eigenvalue weighted by molar-refractivity contribution is -0.870. The molecule has 0 spiro atoms. The van der Waals surface area contributed by atoms with Crippen LogP contribution in [-0.2, 0) is 0 Å². The summed E-state index contributed by atoms with van der Waals surface area (Å²) >= 11 is 0. The SMILES string of the molecule is CN(C)c1ccc2nc3c4cc(OCCC[N+](C)(C)C)ccc4c(=O)cc-3oc2c1. The van der Waals surface area contributed by atoms with E-state index in [4.69, 9.17) is 14.1 Å². The van der Waals surface area contributed by atoms with Gasteiger partial charge < -0.3 is 18.5 Å². The molecule has 30 heavy (non-hydrogen) atoms. The molecule has 0 bridgehead atoms. The molecular weight excluding hydrogens is 378 g/mol. The number of rotatable bonds is 6. The molecule has 156 valence electrons. The molecular formula is C24H28N3O3+. The van der Waals surface area contributed by atoms with Gasteiger partial charge in [0.15, 0.2) is 16.8 Å². The Bertz CT molecular complexity index is 1240. The third kappa shape index (κ3) is 4.09. The van der Waals surface area contributed by atoms with E-state index >= 15 is 0 Å². The number of nitrogens with zero attached hydrogens (tertiary/aromatic N) is 3. The minimum Gasteiger partial charge on any atom is -0.493 e. The van der Waals surface area contributed by atoms with Crippen LogP contribution < -0.4 is 15.1 Å². The summed E-state index contributed by atoms with van der Waals surface area (Å²) in [4.78, 5) is 19.5. The maximum absolute atomic E-state index is 12.6. The average molecular weight is 407 g/mol. The zero-order chi connectivity index (χ0) is 21.5. The molecule has 0 saturated heterocycles. The number of fused-ring (bicyclic) bond motifs is 4. The Hall–Kier alpha value is -3.12. The minimum absolute atomic E-state index is 0.0808. The number of benzene rings is 3. The molecule has 2 aromatic carbocycles. The smallest absolute Gasteiger partial charge is 0.190 e. The Morgan fingerprint density at radius 1 is 1.03 bits per heavy atom. The van der Waals surface area contributed by atoms with Gasteiger partial charge in [-0.3, -0.25) is 4.79 Å². The maximum Gasteiger partial charge on any atom is 0.190 e. The number of anilines is 1. The molecule has 2 aromatic rings. The van der Waals surface area contributed by atoms with Gasteiger partial charge in [0.05, 0.1) is 34.3 Å². The lowest BCUT2D eigenvalue weighted by Gasteiger charge is -2.23. The summed E-state index contributed by atoms with van der Waals surface area (Å²) in [5.41, 5.74) is 3.01. The highest BCUT2D eigenvalue weighted by molar-refractivity contribution is 5.97. The van der Waals surface area contributed by atoms with Gasteiger partial charge in [0.25, 0.3) is 0 Å². The number of quaternary nitrogens is 1. The van der Waals surface area contributed by atoms with Crippen LogP contribution in [0.5, 0.6) is 5.75 Å². The largest absolute Gasteiger partial charge is 0.493 e. The highest BCUT2D eigenvalue weighted by atomic mass is 16.5. The second-order valence-corrected chi connectivity index (χ2v) is 8.91. The Morgan fingerprint density at radius 3 is 2.57 bits per heavy atom. The Labute approximate surface area is 176 Å². The van der Waals surface area contributed by atoms with Gasteiger partial charge in [0, 0.05) is 49.1 Å². The third-order valence-corrected chi connectivity index (χ3v) is 5.16. The van der Waals surface area contributed by atoms with Crippen LogP contribution >= 0.6 is 0 Å². The van der Waals surface area contributed by atoms with Crippen LogP contribution in [0.15, 0.2) is 51.7 Å². The molecule has 2 aliphatic rings. The number of aromatic nitrogens is 1. The van der Waals surface area contributed by atoms with Gasteiger partial charge in [-0.05, 0) is 30.3 Å². The van der Waals surface area contributed by atoms with Crippen LogP contribution in [0.1, 0.15) is 6.42 Å². The van der Waals surface area contributed by atoms with Gasteiger partial charge >= 0.3 is 0 Å². The van der Waals surface area contributed by atoms with Gasteiger partial charge in [0.2, 0.25) is 0 Å². The topological polar surface area (TPSA) is 55.6 Å². The molecule has 0 aromatic heterocycles. The first-order chi connectivity index (χ1) is 14.2. The molecule has 0 unspecified atom stereocenters. The van der Waals surface area contributed by atoms with Crippen molar-refractivity contribution in [3.05, 3.63) is 52.7 Å². The monoisotopic (exact) mass is 406 g/mol. The molecule has 1 aliphatic heterocycles. The van der Waals surface area contributed by atoms with Crippen molar-refractivity contribution in [2.24, 2.45) is 0 Å². The van der Waals surface area contributed by atoms with Crippen LogP contribution in [0, 0.1) is 0 Å². The fourth-order valence-corrected chi connectivity index (χ4v) is 3.54. The predicted molar refractivity (Wildman–Crippen MR) is 122 cm³/mol. The van der Waals surface area contributed by atoms with Gasteiger partial charge in [-0.1, -0.05) is 0 Å². The summed E-state index contributed by atoms with van der Waals surface area (Å²) in [6.45, 7) is 1.66. The summed E-state index contributed by atoms with van der Waals surface area (Å²) in [6, 6.07) is 13.0. The van der Waals surface area contributed by atoms with Crippen molar-refractivity contribution in [2.45, 2.75) is 6.42 Å². The molecule has 4 rings (SSSR count). The number of hydrogen-bond donors (Lipinski definition) is 0. The van der Waals surface area contributed by atoms with Gasteiger partial charge in [-0.25, -0.2) is 4.98 Å². The van der Waals surface area contributed by atoms with Crippen LogP contribution in [0.3, 0.4) is 0 Å².